The summed E-state index contributed by atoms with van der Waals surface area (Å²) in [5.41, 5.74) is 0.549. The number of rotatable bonds is 3. The number of ketones is 1. The van der Waals surface area contributed by atoms with Crippen LogP contribution in [0.2, 0.25) is 0 Å². The van der Waals surface area contributed by atoms with E-state index in [9.17, 15) is 4.79 Å². The number of likely N-dealkylation sites (tertiary alicyclic amines) is 1. The molecule has 4 heteroatoms. The predicted octanol–water partition coefficient (Wildman–Crippen LogP) is 2.01. The largest absolute Gasteiger partial charge is 0.291 e. The average molecular weight is 247 g/mol. The first kappa shape index (κ1) is 11.9. The zero-order chi connectivity index (χ0) is 12.6. The average Bonchev–Trinajstić information content (AvgIpc) is 3.10. The first-order valence-electron chi connectivity index (χ1n) is 7.02. The smallest absolute Gasteiger partial charge is 0.201 e. The Labute approximate surface area is 108 Å². The molecule has 1 aliphatic heterocycles. The lowest BCUT2D eigenvalue weighted by atomic mass is 9.88. The van der Waals surface area contributed by atoms with Crippen LogP contribution in [-0.2, 0) is 7.05 Å². The van der Waals surface area contributed by atoms with E-state index in [1.54, 1.807) is 10.9 Å². The maximum absolute atomic E-state index is 12.9. The van der Waals surface area contributed by atoms with Gasteiger partial charge in [0.2, 0.25) is 5.78 Å². The summed E-state index contributed by atoms with van der Waals surface area (Å²) in [6, 6.07) is 1.86. The van der Waals surface area contributed by atoms with Gasteiger partial charge in [0.15, 0.2) is 0 Å². The summed E-state index contributed by atoms with van der Waals surface area (Å²) in [4.78, 5) is 15.4. The number of Topliss-reactive ketones (excluding diaryl/α,β-unsaturated/α-hetero) is 1. The van der Waals surface area contributed by atoms with Gasteiger partial charge in [-0.05, 0) is 44.8 Å². The fourth-order valence-corrected chi connectivity index (χ4v) is 3.63. The van der Waals surface area contributed by atoms with Crippen molar-refractivity contribution in [1.82, 2.24) is 14.7 Å². The molecule has 3 rings (SSSR count). The normalized spacial score (nSPS) is 23.6. The van der Waals surface area contributed by atoms with Crippen molar-refractivity contribution in [2.75, 3.05) is 13.1 Å². The second-order valence-electron chi connectivity index (χ2n) is 5.60. The van der Waals surface area contributed by atoms with Crippen LogP contribution < -0.4 is 0 Å². The number of carbonyl (C=O) groups is 1. The monoisotopic (exact) mass is 247 g/mol. The van der Waals surface area contributed by atoms with Crippen molar-refractivity contribution in [3.8, 4) is 0 Å². The van der Waals surface area contributed by atoms with Crippen LogP contribution >= 0.6 is 0 Å². The van der Waals surface area contributed by atoms with Gasteiger partial charge in [-0.2, -0.15) is 5.10 Å². The van der Waals surface area contributed by atoms with Crippen molar-refractivity contribution in [2.24, 2.45) is 7.05 Å². The van der Waals surface area contributed by atoms with Crippen LogP contribution in [0.1, 0.15) is 49.0 Å². The number of hydrogen-bond acceptors (Lipinski definition) is 3. The predicted molar refractivity (Wildman–Crippen MR) is 69.5 cm³/mol. The molecular weight excluding hydrogens is 226 g/mol. The molecule has 0 spiro atoms. The van der Waals surface area contributed by atoms with Crippen molar-refractivity contribution in [3.05, 3.63) is 18.0 Å². The van der Waals surface area contributed by atoms with E-state index in [2.05, 4.69) is 10.00 Å². The van der Waals surface area contributed by atoms with Crippen LogP contribution in [-0.4, -0.2) is 39.1 Å². The van der Waals surface area contributed by atoms with E-state index in [1.165, 1.54) is 25.7 Å². The van der Waals surface area contributed by atoms with Gasteiger partial charge in [-0.3, -0.25) is 14.4 Å². The molecule has 1 aromatic heterocycles. The molecule has 98 valence electrons. The van der Waals surface area contributed by atoms with Gasteiger partial charge in [0.25, 0.3) is 0 Å². The molecule has 0 amide bonds. The van der Waals surface area contributed by atoms with Crippen LogP contribution in [0.15, 0.2) is 12.3 Å². The highest BCUT2D eigenvalue weighted by molar-refractivity contribution is 6.02. The van der Waals surface area contributed by atoms with Crippen LogP contribution in [0.3, 0.4) is 0 Å². The van der Waals surface area contributed by atoms with Gasteiger partial charge in [-0.15, -0.1) is 0 Å². The molecule has 0 aromatic carbocycles. The third-order valence-corrected chi connectivity index (χ3v) is 4.62. The number of hydrogen-bond donors (Lipinski definition) is 0. The van der Waals surface area contributed by atoms with E-state index in [4.69, 9.17) is 0 Å². The summed E-state index contributed by atoms with van der Waals surface area (Å²) in [6.07, 6.45) is 8.61. The third-order valence-electron chi connectivity index (χ3n) is 4.62. The molecular formula is C14H21N3O. The fraction of sp³-hybridized carbons (Fsp3) is 0.714. The standard InChI is InChI=1S/C14H21N3O/c1-16-12(6-9-15-16)13(18)14(7-2-3-8-14)17-10-4-5-11-17/h6,9H,2-5,7-8,10-11H2,1H3. The quantitative estimate of drug-likeness (QED) is 0.767. The molecule has 0 bridgehead atoms. The third kappa shape index (κ3) is 1.70. The van der Waals surface area contributed by atoms with Gasteiger partial charge < -0.3 is 0 Å². The summed E-state index contributed by atoms with van der Waals surface area (Å²) in [7, 11) is 1.86. The second-order valence-corrected chi connectivity index (χ2v) is 5.60. The minimum atomic E-state index is -0.218. The molecule has 0 unspecified atom stereocenters. The zero-order valence-corrected chi connectivity index (χ0v) is 11.1. The van der Waals surface area contributed by atoms with E-state index in [1.807, 2.05) is 13.1 Å². The zero-order valence-electron chi connectivity index (χ0n) is 11.1. The van der Waals surface area contributed by atoms with Gasteiger partial charge in [-0.1, -0.05) is 12.8 Å². The van der Waals surface area contributed by atoms with Gasteiger partial charge in [0, 0.05) is 13.2 Å². The van der Waals surface area contributed by atoms with Gasteiger partial charge >= 0.3 is 0 Å². The second kappa shape index (κ2) is 4.50. The van der Waals surface area contributed by atoms with E-state index in [-0.39, 0.29) is 5.54 Å². The summed E-state index contributed by atoms with van der Waals surface area (Å²) < 4.78 is 1.72. The molecule has 2 heterocycles. The lowest BCUT2D eigenvalue weighted by molar-refractivity contribution is 0.0616. The Balaban J connectivity index is 1.94. The fourth-order valence-electron chi connectivity index (χ4n) is 3.63. The summed E-state index contributed by atoms with van der Waals surface area (Å²) in [5, 5.41) is 4.14. The van der Waals surface area contributed by atoms with Crippen molar-refractivity contribution >= 4 is 5.78 Å². The minimum Gasteiger partial charge on any atom is -0.291 e. The molecule has 2 aliphatic rings. The SMILES string of the molecule is Cn1nccc1C(=O)C1(N2CCCC2)CCCC1. The maximum Gasteiger partial charge on any atom is 0.201 e. The van der Waals surface area contributed by atoms with Crippen LogP contribution in [0, 0.1) is 0 Å². The molecule has 0 radical (unpaired) electrons. The van der Waals surface area contributed by atoms with E-state index in [0.717, 1.165) is 31.6 Å². The Morgan fingerprint density at radius 2 is 1.89 bits per heavy atom. The van der Waals surface area contributed by atoms with E-state index < -0.39 is 0 Å². The number of aromatic nitrogens is 2. The Morgan fingerprint density at radius 1 is 1.22 bits per heavy atom. The summed E-state index contributed by atoms with van der Waals surface area (Å²) in [5.74, 6) is 0.293. The molecule has 4 nitrogen and oxygen atoms in total. The Morgan fingerprint density at radius 3 is 2.44 bits per heavy atom. The van der Waals surface area contributed by atoms with Crippen molar-refractivity contribution in [2.45, 2.75) is 44.1 Å². The van der Waals surface area contributed by atoms with E-state index in [0.29, 0.717) is 5.78 Å². The van der Waals surface area contributed by atoms with Crippen LogP contribution in [0.4, 0.5) is 0 Å². The molecule has 1 saturated carbocycles. The van der Waals surface area contributed by atoms with Crippen molar-refractivity contribution in [3.63, 3.8) is 0 Å². The Kier molecular flexibility index (Phi) is 2.98. The number of nitrogens with zero attached hydrogens (tertiary/aromatic N) is 3. The summed E-state index contributed by atoms with van der Waals surface area (Å²) in [6.45, 7) is 2.17. The first-order valence-corrected chi connectivity index (χ1v) is 7.02. The number of carbonyl (C=O) groups excluding carboxylic acids is 1. The molecule has 1 aromatic rings. The molecule has 0 N–H and O–H groups in total. The number of aryl methyl sites for hydroxylation is 1. The first-order chi connectivity index (χ1) is 8.74. The van der Waals surface area contributed by atoms with Crippen molar-refractivity contribution < 1.29 is 4.79 Å². The Hall–Kier alpha value is -1.16. The van der Waals surface area contributed by atoms with E-state index >= 15 is 0 Å². The van der Waals surface area contributed by atoms with Crippen molar-refractivity contribution in [1.29, 1.82) is 0 Å². The Bertz CT molecular complexity index is 440. The highest BCUT2D eigenvalue weighted by Crippen LogP contribution is 2.39. The molecule has 18 heavy (non-hydrogen) atoms. The van der Waals surface area contributed by atoms with Crippen LogP contribution in [0.25, 0.3) is 0 Å². The maximum atomic E-state index is 12.9. The highest BCUT2D eigenvalue weighted by Gasteiger charge is 2.47. The summed E-state index contributed by atoms with van der Waals surface area (Å²) >= 11 is 0. The highest BCUT2D eigenvalue weighted by atomic mass is 16.1. The lowest BCUT2D eigenvalue weighted by Gasteiger charge is -2.37. The molecule has 0 atom stereocenters. The minimum absolute atomic E-state index is 0.218. The van der Waals surface area contributed by atoms with Gasteiger partial charge in [0.05, 0.1) is 5.54 Å². The van der Waals surface area contributed by atoms with Crippen LogP contribution in [0.5, 0.6) is 0 Å². The molecule has 1 aliphatic carbocycles. The molecule has 1 saturated heterocycles. The molecule has 2 fully saturated rings. The van der Waals surface area contributed by atoms with Gasteiger partial charge in [-0.25, -0.2) is 0 Å². The topological polar surface area (TPSA) is 38.1 Å². The van der Waals surface area contributed by atoms with Gasteiger partial charge in [0.1, 0.15) is 5.69 Å². The lowest BCUT2D eigenvalue weighted by Crippen LogP contribution is -2.52.